The second-order valence-electron chi connectivity index (χ2n) is 7.35. The van der Waals surface area contributed by atoms with Gasteiger partial charge in [-0.25, -0.2) is 0 Å². The Hall–Kier alpha value is -0.910. The van der Waals surface area contributed by atoms with Gasteiger partial charge in [-0.3, -0.25) is 13.8 Å². The minimum absolute atomic E-state index is 0.000735. The monoisotopic (exact) mass is 328 g/mol. The molecule has 1 saturated carbocycles. The summed E-state index contributed by atoms with van der Waals surface area (Å²) in [5, 5.41) is 2.89. The van der Waals surface area contributed by atoms with E-state index in [2.05, 4.69) is 5.32 Å². The van der Waals surface area contributed by atoms with Gasteiger partial charge in [-0.05, 0) is 46.5 Å². The molecule has 2 rings (SSSR count). The normalized spacial score (nSPS) is 24.0. The molecule has 1 aliphatic carbocycles. The van der Waals surface area contributed by atoms with Crippen molar-refractivity contribution in [3.63, 3.8) is 0 Å². The van der Waals surface area contributed by atoms with Crippen molar-refractivity contribution in [3.8, 4) is 0 Å². The highest BCUT2D eigenvalue weighted by Crippen LogP contribution is 2.32. The van der Waals surface area contributed by atoms with Crippen LogP contribution in [0, 0.1) is 11.8 Å². The summed E-state index contributed by atoms with van der Waals surface area (Å²) >= 11 is 0. The van der Waals surface area contributed by atoms with Gasteiger partial charge in [0.2, 0.25) is 11.8 Å². The van der Waals surface area contributed by atoms with Crippen LogP contribution in [-0.2, 0) is 20.4 Å². The average Bonchev–Trinajstić information content (AvgIpc) is 3.30. The minimum atomic E-state index is -0.950. The molecule has 1 heterocycles. The number of nitrogens with zero attached hydrogens (tertiary/aromatic N) is 1. The van der Waals surface area contributed by atoms with Crippen molar-refractivity contribution in [2.24, 2.45) is 11.8 Å². The zero-order chi connectivity index (χ0) is 16.3. The molecule has 0 bridgehead atoms. The standard InChI is InChI=1S/C16H28N2O3S/c1-16(2,3)22(21)10-8-17-14(19)13-5-4-9-18(11-13)15(20)12-6-7-12/h12-13H,4-11H2,1-3H3,(H,17,19)/t13-,22+/m0/s1. The van der Waals surface area contributed by atoms with Gasteiger partial charge in [0.05, 0.1) is 5.92 Å². The van der Waals surface area contributed by atoms with E-state index < -0.39 is 10.8 Å². The molecule has 0 unspecified atom stereocenters. The topological polar surface area (TPSA) is 66.5 Å². The predicted octanol–water partition coefficient (Wildman–Crippen LogP) is 1.30. The van der Waals surface area contributed by atoms with Crippen LogP contribution in [-0.4, -0.2) is 51.1 Å². The molecular weight excluding hydrogens is 300 g/mol. The quantitative estimate of drug-likeness (QED) is 0.827. The van der Waals surface area contributed by atoms with E-state index in [1.54, 1.807) is 0 Å². The first-order chi connectivity index (χ1) is 10.3. The van der Waals surface area contributed by atoms with E-state index in [0.29, 0.717) is 18.8 Å². The van der Waals surface area contributed by atoms with Crippen LogP contribution in [0.5, 0.6) is 0 Å². The predicted molar refractivity (Wildman–Crippen MR) is 87.8 cm³/mol. The number of amides is 2. The number of likely N-dealkylation sites (tertiary alicyclic amines) is 1. The van der Waals surface area contributed by atoms with E-state index >= 15 is 0 Å². The van der Waals surface area contributed by atoms with Crippen LogP contribution in [0.3, 0.4) is 0 Å². The lowest BCUT2D eigenvalue weighted by Crippen LogP contribution is -2.46. The van der Waals surface area contributed by atoms with Crippen molar-refractivity contribution in [1.82, 2.24) is 10.2 Å². The molecule has 0 radical (unpaired) electrons. The van der Waals surface area contributed by atoms with E-state index in [1.807, 2.05) is 25.7 Å². The van der Waals surface area contributed by atoms with Gasteiger partial charge in [-0.2, -0.15) is 0 Å². The van der Waals surface area contributed by atoms with Crippen molar-refractivity contribution in [1.29, 1.82) is 0 Å². The molecule has 0 aromatic rings. The Balaban J connectivity index is 1.74. The Kier molecular flexibility index (Phi) is 5.64. The zero-order valence-corrected chi connectivity index (χ0v) is 14.7. The average molecular weight is 328 g/mol. The molecule has 2 atom stereocenters. The lowest BCUT2D eigenvalue weighted by molar-refractivity contribution is -0.136. The maximum absolute atomic E-state index is 12.2. The lowest BCUT2D eigenvalue weighted by Gasteiger charge is -2.32. The van der Waals surface area contributed by atoms with Crippen molar-refractivity contribution < 1.29 is 13.8 Å². The third-order valence-corrected chi connectivity index (χ3v) is 6.24. The SMILES string of the molecule is CC(C)(C)[S@](=O)CCNC(=O)[C@H]1CCCN(C(=O)C2CC2)C1. The van der Waals surface area contributed by atoms with Crippen LogP contribution in [0.15, 0.2) is 0 Å². The molecule has 1 aliphatic heterocycles. The van der Waals surface area contributed by atoms with Gasteiger partial charge in [-0.15, -0.1) is 0 Å². The van der Waals surface area contributed by atoms with Crippen LogP contribution >= 0.6 is 0 Å². The van der Waals surface area contributed by atoms with Crippen LogP contribution in [0.1, 0.15) is 46.5 Å². The molecule has 0 aromatic heterocycles. The van der Waals surface area contributed by atoms with Gasteiger partial charge >= 0.3 is 0 Å². The summed E-state index contributed by atoms with van der Waals surface area (Å²) in [6.45, 7) is 7.58. The van der Waals surface area contributed by atoms with Gasteiger partial charge in [-0.1, -0.05) is 0 Å². The summed E-state index contributed by atoms with van der Waals surface area (Å²) < 4.78 is 11.7. The number of carbonyl (C=O) groups is 2. The molecule has 2 aliphatic rings. The first-order valence-electron chi connectivity index (χ1n) is 8.24. The largest absolute Gasteiger partial charge is 0.355 e. The highest BCUT2D eigenvalue weighted by molar-refractivity contribution is 7.86. The fourth-order valence-corrected chi connectivity index (χ4v) is 3.60. The number of nitrogens with one attached hydrogen (secondary N) is 1. The third kappa shape index (κ3) is 4.80. The van der Waals surface area contributed by atoms with E-state index in [9.17, 15) is 13.8 Å². The maximum Gasteiger partial charge on any atom is 0.225 e. The Morgan fingerprint density at radius 1 is 1.18 bits per heavy atom. The summed E-state index contributed by atoms with van der Waals surface area (Å²) in [6, 6.07) is 0. The fraction of sp³-hybridized carbons (Fsp3) is 0.875. The summed E-state index contributed by atoms with van der Waals surface area (Å²) in [4.78, 5) is 26.2. The van der Waals surface area contributed by atoms with Crippen molar-refractivity contribution in [3.05, 3.63) is 0 Å². The second-order valence-corrected chi connectivity index (χ2v) is 9.67. The van der Waals surface area contributed by atoms with Gasteiger partial charge in [0.1, 0.15) is 0 Å². The van der Waals surface area contributed by atoms with E-state index in [1.165, 1.54) is 0 Å². The first kappa shape index (κ1) is 17.4. The summed E-state index contributed by atoms with van der Waals surface area (Å²) in [6.07, 6.45) is 3.74. The Bertz CT molecular complexity index is 455. The van der Waals surface area contributed by atoms with Gasteiger partial charge in [0.25, 0.3) is 0 Å². The number of hydrogen-bond donors (Lipinski definition) is 1. The van der Waals surface area contributed by atoms with Crippen LogP contribution in [0.4, 0.5) is 0 Å². The number of piperidine rings is 1. The molecule has 126 valence electrons. The Morgan fingerprint density at radius 3 is 2.45 bits per heavy atom. The fourth-order valence-electron chi connectivity index (χ4n) is 2.70. The third-order valence-electron chi connectivity index (χ3n) is 4.30. The van der Waals surface area contributed by atoms with Crippen LogP contribution < -0.4 is 5.32 Å². The van der Waals surface area contributed by atoms with Gasteiger partial charge < -0.3 is 10.2 Å². The Labute approximate surface area is 135 Å². The molecule has 1 saturated heterocycles. The zero-order valence-electron chi connectivity index (χ0n) is 13.9. The molecule has 0 aromatic carbocycles. The Morgan fingerprint density at radius 2 is 1.86 bits per heavy atom. The van der Waals surface area contributed by atoms with Crippen LogP contribution in [0.2, 0.25) is 0 Å². The van der Waals surface area contributed by atoms with Gasteiger partial charge in [0, 0.05) is 46.9 Å². The molecule has 22 heavy (non-hydrogen) atoms. The van der Waals surface area contributed by atoms with Crippen LogP contribution in [0.25, 0.3) is 0 Å². The van der Waals surface area contributed by atoms with Crippen molar-refractivity contribution in [2.75, 3.05) is 25.4 Å². The molecular formula is C16H28N2O3S. The van der Waals surface area contributed by atoms with E-state index in [-0.39, 0.29) is 28.4 Å². The van der Waals surface area contributed by atoms with Crippen molar-refractivity contribution in [2.45, 2.75) is 51.2 Å². The highest BCUT2D eigenvalue weighted by atomic mass is 32.2. The molecule has 5 nitrogen and oxygen atoms in total. The molecule has 0 spiro atoms. The van der Waals surface area contributed by atoms with E-state index in [0.717, 1.165) is 32.2 Å². The summed E-state index contributed by atoms with van der Waals surface area (Å²) in [7, 11) is -0.950. The molecule has 6 heteroatoms. The molecule has 2 amide bonds. The van der Waals surface area contributed by atoms with Crippen molar-refractivity contribution >= 4 is 22.6 Å². The van der Waals surface area contributed by atoms with E-state index in [4.69, 9.17) is 0 Å². The summed E-state index contributed by atoms with van der Waals surface area (Å²) in [5.41, 5.74) is 0. The summed E-state index contributed by atoms with van der Waals surface area (Å²) in [5.74, 6) is 0.813. The maximum atomic E-state index is 12.2. The second kappa shape index (κ2) is 7.11. The minimum Gasteiger partial charge on any atom is -0.355 e. The highest BCUT2D eigenvalue weighted by Gasteiger charge is 2.36. The number of rotatable bonds is 5. The first-order valence-corrected chi connectivity index (χ1v) is 9.56. The van der Waals surface area contributed by atoms with Gasteiger partial charge in [0.15, 0.2) is 0 Å². The number of carbonyl (C=O) groups excluding carboxylic acids is 2. The smallest absolute Gasteiger partial charge is 0.225 e. The lowest BCUT2D eigenvalue weighted by atomic mass is 9.97. The number of hydrogen-bond acceptors (Lipinski definition) is 3. The molecule has 1 N–H and O–H groups in total. The molecule has 2 fully saturated rings.